The van der Waals surface area contributed by atoms with Crippen LogP contribution in [0.3, 0.4) is 0 Å². The van der Waals surface area contributed by atoms with Crippen molar-refractivity contribution in [3.63, 3.8) is 0 Å². The van der Waals surface area contributed by atoms with E-state index < -0.39 is 0 Å². The molecule has 3 rings (SSSR count). The SMILES string of the molecule is COc1cc(OC)cc(Oc2ccc3nnnn3n2)c1. The molecule has 0 atom stereocenters. The molecule has 3 aromatic rings. The van der Waals surface area contributed by atoms with E-state index in [4.69, 9.17) is 14.2 Å². The van der Waals surface area contributed by atoms with E-state index in [0.717, 1.165) is 0 Å². The van der Waals surface area contributed by atoms with E-state index in [1.165, 1.54) is 4.63 Å². The summed E-state index contributed by atoms with van der Waals surface area (Å²) in [4.78, 5) is 0. The molecule has 0 saturated carbocycles. The van der Waals surface area contributed by atoms with E-state index in [0.29, 0.717) is 28.8 Å². The number of methoxy groups -OCH3 is 2. The summed E-state index contributed by atoms with van der Waals surface area (Å²) in [6.07, 6.45) is 0. The first-order chi connectivity index (χ1) is 9.78. The van der Waals surface area contributed by atoms with Gasteiger partial charge in [-0.3, -0.25) is 0 Å². The van der Waals surface area contributed by atoms with Gasteiger partial charge < -0.3 is 14.2 Å². The maximum atomic E-state index is 5.65. The third kappa shape index (κ3) is 2.30. The van der Waals surface area contributed by atoms with Crippen LogP contribution in [0.1, 0.15) is 0 Å². The van der Waals surface area contributed by atoms with Gasteiger partial charge in [0.05, 0.1) is 14.2 Å². The van der Waals surface area contributed by atoms with Gasteiger partial charge in [-0.25, -0.2) is 0 Å². The molecule has 0 unspecified atom stereocenters. The summed E-state index contributed by atoms with van der Waals surface area (Å²) >= 11 is 0. The minimum Gasteiger partial charge on any atom is -0.496 e. The number of fused-ring (bicyclic) bond motifs is 1. The van der Waals surface area contributed by atoms with Crippen molar-refractivity contribution in [3.8, 4) is 23.1 Å². The minimum absolute atomic E-state index is 0.361. The highest BCUT2D eigenvalue weighted by Gasteiger charge is 2.06. The lowest BCUT2D eigenvalue weighted by atomic mass is 10.3. The highest BCUT2D eigenvalue weighted by atomic mass is 16.5. The Morgan fingerprint density at radius 2 is 1.65 bits per heavy atom. The van der Waals surface area contributed by atoms with Crippen LogP contribution in [0, 0.1) is 0 Å². The summed E-state index contributed by atoms with van der Waals surface area (Å²) < 4.78 is 17.3. The molecule has 20 heavy (non-hydrogen) atoms. The molecule has 0 N–H and O–H groups in total. The molecule has 2 heterocycles. The molecule has 0 aliphatic rings. The predicted molar refractivity (Wildman–Crippen MR) is 68.2 cm³/mol. The van der Waals surface area contributed by atoms with Gasteiger partial charge >= 0.3 is 0 Å². The largest absolute Gasteiger partial charge is 0.496 e. The number of ether oxygens (including phenoxy) is 3. The average Bonchev–Trinajstić information content (AvgIpc) is 2.94. The molecular formula is C12H11N5O3. The molecule has 0 bridgehead atoms. The Kier molecular flexibility index (Phi) is 3.04. The highest BCUT2D eigenvalue weighted by molar-refractivity contribution is 5.43. The van der Waals surface area contributed by atoms with Crippen LogP contribution in [0.25, 0.3) is 5.65 Å². The molecule has 2 aromatic heterocycles. The number of benzene rings is 1. The van der Waals surface area contributed by atoms with Crippen molar-refractivity contribution in [3.05, 3.63) is 30.3 Å². The van der Waals surface area contributed by atoms with E-state index in [1.807, 2.05) is 0 Å². The second-order valence-electron chi connectivity index (χ2n) is 3.85. The van der Waals surface area contributed by atoms with Crippen LogP contribution in [-0.4, -0.2) is 39.5 Å². The lowest BCUT2D eigenvalue weighted by Gasteiger charge is -2.09. The van der Waals surface area contributed by atoms with E-state index in [-0.39, 0.29) is 0 Å². The van der Waals surface area contributed by atoms with Crippen LogP contribution >= 0.6 is 0 Å². The van der Waals surface area contributed by atoms with Crippen LogP contribution < -0.4 is 14.2 Å². The molecule has 0 spiro atoms. The van der Waals surface area contributed by atoms with Gasteiger partial charge in [0.25, 0.3) is 0 Å². The maximum absolute atomic E-state index is 5.65. The van der Waals surface area contributed by atoms with E-state index in [1.54, 1.807) is 44.6 Å². The Hall–Kier alpha value is -2.90. The fourth-order valence-corrected chi connectivity index (χ4v) is 1.65. The lowest BCUT2D eigenvalue weighted by Crippen LogP contribution is -1.97. The summed E-state index contributed by atoms with van der Waals surface area (Å²) in [6, 6.07) is 8.60. The number of hydrogen-bond acceptors (Lipinski definition) is 7. The summed E-state index contributed by atoms with van der Waals surface area (Å²) in [5, 5.41) is 15.1. The van der Waals surface area contributed by atoms with Crippen molar-refractivity contribution < 1.29 is 14.2 Å². The Morgan fingerprint density at radius 3 is 2.35 bits per heavy atom. The van der Waals surface area contributed by atoms with Crippen molar-refractivity contribution in [2.45, 2.75) is 0 Å². The van der Waals surface area contributed by atoms with Crippen molar-refractivity contribution >= 4 is 5.65 Å². The van der Waals surface area contributed by atoms with E-state index >= 15 is 0 Å². The number of aromatic nitrogens is 5. The van der Waals surface area contributed by atoms with Gasteiger partial charge in [0.2, 0.25) is 5.88 Å². The first kappa shape index (κ1) is 12.2. The van der Waals surface area contributed by atoms with Crippen LogP contribution in [0.5, 0.6) is 23.1 Å². The molecule has 0 radical (unpaired) electrons. The van der Waals surface area contributed by atoms with Gasteiger partial charge in [-0.2, -0.15) is 0 Å². The standard InChI is InChI=1S/C12H11N5O3/c1-18-8-5-9(19-2)7-10(6-8)20-12-4-3-11-13-15-16-17(11)14-12/h3-7H,1-2H3. The maximum Gasteiger partial charge on any atom is 0.239 e. The summed E-state index contributed by atoms with van der Waals surface area (Å²) in [5.74, 6) is 2.16. The monoisotopic (exact) mass is 273 g/mol. The molecule has 0 amide bonds. The Bertz CT molecular complexity index is 721. The van der Waals surface area contributed by atoms with E-state index in [2.05, 4.69) is 20.6 Å². The van der Waals surface area contributed by atoms with Crippen molar-refractivity contribution in [2.24, 2.45) is 0 Å². The molecule has 0 saturated heterocycles. The van der Waals surface area contributed by atoms with Crippen LogP contribution in [0.4, 0.5) is 0 Å². The van der Waals surface area contributed by atoms with Crippen LogP contribution in [-0.2, 0) is 0 Å². The molecule has 8 nitrogen and oxygen atoms in total. The number of hydrogen-bond donors (Lipinski definition) is 0. The van der Waals surface area contributed by atoms with Crippen molar-refractivity contribution in [1.82, 2.24) is 25.3 Å². The first-order valence-corrected chi connectivity index (χ1v) is 5.75. The highest BCUT2D eigenvalue weighted by Crippen LogP contribution is 2.29. The van der Waals surface area contributed by atoms with Gasteiger partial charge in [0, 0.05) is 24.3 Å². The zero-order valence-electron chi connectivity index (χ0n) is 10.8. The van der Waals surface area contributed by atoms with Gasteiger partial charge in [-0.15, -0.1) is 14.8 Å². The minimum atomic E-state index is 0.361. The smallest absolute Gasteiger partial charge is 0.239 e. The quantitative estimate of drug-likeness (QED) is 0.709. The number of nitrogens with zero attached hydrogens (tertiary/aromatic N) is 5. The van der Waals surface area contributed by atoms with Crippen molar-refractivity contribution in [1.29, 1.82) is 0 Å². The predicted octanol–water partition coefficient (Wildman–Crippen LogP) is 1.33. The first-order valence-electron chi connectivity index (χ1n) is 5.75. The lowest BCUT2D eigenvalue weighted by molar-refractivity contribution is 0.383. The summed E-state index contributed by atoms with van der Waals surface area (Å²) in [6.45, 7) is 0. The summed E-state index contributed by atoms with van der Waals surface area (Å²) in [5.41, 5.74) is 0.542. The van der Waals surface area contributed by atoms with Crippen LogP contribution in [0.2, 0.25) is 0 Å². The Labute approximate surface area is 113 Å². The zero-order valence-corrected chi connectivity index (χ0v) is 10.8. The second kappa shape index (κ2) is 5.00. The molecular weight excluding hydrogens is 262 g/mol. The van der Waals surface area contributed by atoms with Gasteiger partial charge in [-0.1, -0.05) is 0 Å². The Balaban J connectivity index is 1.92. The Morgan fingerprint density at radius 1 is 0.950 bits per heavy atom. The van der Waals surface area contributed by atoms with Crippen molar-refractivity contribution in [2.75, 3.05) is 14.2 Å². The normalized spacial score (nSPS) is 10.5. The third-order valence-corrected chi connectivity index (χ3v) is 2.59. The number of tetrazole rings is 1. The molecule has 1 aromatic carbocycles. The average molecular weight is 273 g/mol. The molecule has 0 aliphatic heterocycles. The third-order valence-electron chi connectivity index (χ3n) is 2.59. The molecule has 102 valence electrons. The van der Waals surface area contributed by atoms with E-state index in [9.17, 15) is 0 Å². The molecule has 0 fully saturated rings. The fourth-order valence-electron chi connectivity index (χ4n) is 1.65. The zero-order chi connectivity index (χ0) is 13.9. The topological polar surface area (TPSA) is 83.7 Å². The van der Waals surface area contributed by atoms with Gasteiger partial charge in [0.1, 0.15) is 17.2 Å². The molecule has 0 aliphatic carbocycles. The fraction of sp³-hybridized carbons (Fsp3) is 0.167. The second-order valence-corrected chi connectivity index (χ2v) is 3.85. The van der Waals surface area contributed by atoms with Gasteiger partial charge in [-0.05, 0) is 16.5 Å². The molecule has 8 heteroatoms. The summed E-state index contributed by atoms with van der Waals surface area (Å²) in [7, 11) is 3.15. The van der Waals surface area contributed by atoms with Crippen LogP contribution in [0.15, 0.2) is 30.3 Å². The van der Waals surface area contributed by atoms with Gasteiger partial charge in [0.15, 0.2) is 5.65 Å². The number of rotatable bonds is 4.